The first-order valence-electron chi connectivity index (χ1n) is 8.94. The van der Waals surface area contributed by atoms with E-state index in [0.29, 0.717) is 5.56 Å². The molecular weight excluding hydrogens is 382 g/mol. The van der Waals surface area contributed by atoms with Crippen molar-refractivity contribution in [2.45, 2.75) is 51.8 Å². The van der Waals surface area contributed by atoms with Gasteiger partial charge in [-0.2, -0.15) is 0 Å². The number of benzene rings is 1. The molecule has 3 amide bonds. The van der Waals surface area contributed by atoms with Crippen LogP contribution in [-0.2, 0) is 25.5 Å². The zero-order valence-corrected chi connectivity index (χ0v) is 16.8. The van der Waals surface area contributed by atoms with E-state index in [4.69, 9.17) is 9.84 Å². The number of ether oxygens (including phenoxy) is 1. The number of hydrogen-bond acceptors (Lipinski definition) is 6. The first kappa shape index (κ1) is 23.7. The molecule has 0 saturated carbocycles. The molecule has 0 aliphatic heterocycles. The third-order valence-corrected chi connectivity index (χ3v) is 3.55. The number of phenolic OH excluding ortho intramolecular Hbond substituents is 1. The number of rotatable bonds is 8. The first-order chi connectivity index (χ1) is 13.4. The largest absolute Gasteiger partial charge is 0.508 e. The number of carboxylic acid groups (broad SMARTS) is 1. The lowest BCUT2D eigenvalue weighted by molar-refractivity contribution is -0.141. The quantitative estimate of drug-likeness (QED) is 0.420. The second-order valence-electron chi connectivity index (χ2n) is 7.41. The lowest BCUT2D eigenvalue weighted by atomic mass is 10.1. The Morgan fingerprint density at radius 1 is 1.07 bits per heavy atom. The Hall–Kier alpha value is -3.30. The van der Waals surface area contributed by atoms with Crippen LogP contribution in [-0.4, -0.2) is 58.3 Å². The summed E-state index contributed by atoms with van der Waals surface area (Å²) in [4.78, 5) is 47.1. The number of amides is 3. The summed E-state index contributed by atoms with van der Waals surface area (Å²) in [5.41, 5.74) is -0.112. The lowest BCUT2D eigenvalue weighted by Gasteiger charge is -2.23. The van der Waals surface area contributed by atoms with Crippen molar-refractivity contribution in [1.82, 2.24) is 16.0 Å². The molecule has 5 N–H and O–H groups in total. The van der Waals surface area contributed by atoms with E-state index in [1.165, 1.54) is 19.1 Å². The zero-order chi connectivity index (χ0) is 22.2. The molecule has 0 aliphatic carbocycles. The van der Waals surface area contributed by atoms with Gasteiger partial charge in [-0.15, -0.1) is 0 Å². The van der Waals surface area contributed by atoms with Gasteiger partial charge in [0.1, 0.15) is 23.4 Å². The van der Waals surface area contributed by atoms with Crippen LogP contribution < -0.4 is 16.0 Å². The van der Waals surface area contributed by atoms with Crippen LogP contribution in [0.3, 0.4) is 0 Å². The number of carboxylic acids is 1. The average Bonchev–Trinajstić information content (AvgIpc) is 2.59. The molecule has 10 nitrogen and oxygen atoms in total. The zero-order valence-electron chi connectivity index (χ0n) is 16.8. The summed E-state index contributed by atoms with van der Waals surface area (Å²) in [6.07, 6.45) is -0.723. The van der Waals surface area contributed by atoms with E-state index in [-0.39, 0.29) is 12.2 Å². The van der Waals surface area contributed by atoms with E-state index >= 15 is 0 Å². The standard InChI is InChI=1S/C19H27N3O7/c1-11(17(26)27)21-15(24)10-20-16(25)14(22-18(28)29-19(2,3)4)9-12-5-7-13(23)8-6-12/h5-8,11,14,23H,9-10H2,1-4H3,(H,20,25)(H,21,24)(H,22,28)(H,26,27)/t11-,14-/m1/s1. The number of aliphatic carboxylic acids is 1. The molecule has 1 aromatic carbocycles. The Kier molecular flexibility index (Phi) is 8.43. The predicted octanol–water partition coefficient (Wildman–Crippen LogP) is 0.534. The Morgan fingerprint density at radius 2 is 1.66 bits per heavy atom. The number of carbonyl (C=O) groups excluding carboxylic acids is 3. The topological polar surface area (TPSA) is 154 Å². The normalized spacial score (nSPS) is 13.0. The molecule has 1 rings (SSSR count). The fourth-order valence-electron chi connectivity index (χ4n) is 2.17. The van der Waals surface area contributed by atoms with Gasteiger partial charge in [-0.3, -0.25) is 14.4 Å². The van der Waals surface area contributed by atoms with Crippen molar-refractivity contribution in [3.8, 4) is 5.75 Å². The minimum atomic E-state index is -1.21. The van der Waals surface area contributed by atoms with Crippen molar-refractivity contribution in [2.75, 3.05) is 6.54 Å². The van der Waals surface area contributed by atoms with Crippen molar-refractivity contribution in [2.24, 2.45) is 0 Å². The maximum atomic E-state index is 12.5. The molecule has 0 spiro atoms. The average molecular weight is 409 g/mol. The van der Waals surface area contributed by atoms with Crippen LogP contribution in [0.5, 0.6) is 5.75 Å². The molecule has 29 heavy (non-hydrogen) atoms. The number of carbonyl (C=O) groups is 4. The summed E-state index contributed by atoms with van der Waals surface area (Å²) in [6.45, 7) is 5.86. The van der Waals surface area contributed by atoms with E-state index in [0.717, 1.165) is 0 Å². The first-order valence-corrected chi connectivity index (χ1v) is 8.94. The molecule has 0 heterocycles. The van der Waals surface area contributed by atoms with Gasteiger partial charge in [-0.1, -0.05) is 12.1 Å². The second-order valence-corrected chi connectivity index (χ2v) is 7.41. The van der Waals surface area contributed by atoms with Crippen LogP contribution in [0.15, 0.2) is 24.3 Å². The van der Waals surface area contributed by atoms with E-state index in [2.05, 4.69) is 16.0 Å². The van der Waals surface area contributed by atoms with Crippen LogP contribution in [0.2, 0.25) is 0 Å². The molecule has 0 saturated heterocycles. The van der Waals surface area contributed by atoms with Crippen molar-refractivity contribution in [3.63, 3.8) is 0 Å². The van der Waals surface area contributed by atoms with Crippen LogP contribution in [0.25, 0.3) is 0 Å². The predicted molar refractivity (Wildman–Crippen MR) is 103 cm³/mol. The van der Waals surface area contributed by atoms with Gasteiger partial charge in [-0.05, 0) is 45.4 Å². The maximum Gasteiger partial charge on any atom is 0.408 e. The lowest BCUT2D eigenvalue weighted by Crippen LogP contribution is -2.51. The second kappa shape index (κ2) is 10.3. The summed E-state index contributed by atoms with van der Waals surface area (Å²) in [7, 11) is 0. The Balaban J connectivity index is 2.78. The van der Waals surface area contributed by atoms with E-state index in [1.807, 2.05) is 0 Å². The molecule has 0 aliphatic rings. The summed E-state index contributed by atoms with van der Waals surface area (Å²) in [5, 5.41) is 25.2. The Bertz CT molecular complexity index is 741. The van der Waals surface area contributed by atoms with Gasteiger partial charge in [0.25, 0.3) is 0 Å². The highest BCUT2D eigenvalue weighted by atomic mass is 16.6. The molecule has 160 valence electrons. The number of phenols is 1. The van der Waals surface area contributed by atoms with Gasteiger partial charge in [0.2, 0.25) is 11.8 Å². The number of aromatic hydroxyl groups is 1. The third-order valence-electron chi connectivity index (χ3n) is 3.55. The molecule has 2 atom stereocenters. The van der Waals surface area contributed by atoms with Gasteiger partial charge in [-0.25, -0.2) is 4.79 Å². The minimum absolute atomic E-state index is 0.0547. The number of nitrogens with one attached hydrogen (secondary N) is 3. The van der Waals surface area contributed by atoms with Crippen molar-refractivity contribution in [3.05, 3.63) is 29.8 Å². The van der Waals surface area contributed by atoms with Crippen LogP contribution in [0.4, 0.5) is 4.79 Å². The Labute approximate surface area is 168 Å². The molecule has 0 radical (unpaired) electrons. The molecule has 0 fully saturated rings. The fourth-order valence-corrected chi connectivity index (χ4v) is 2.17. The van der Waals surface area contributed by atoms with E-state index < -0.39 is 48.1 Å². The number of hydrogen-bond donors (Lipinski definition) is 5. The SMILES string of the molecule is C[C@@H](NC(=O)CNC(=O)[C@@H](Cc1ccc(O)cc1)NC(=O)OC(C)(C)C)C(=O)O. The smallest absolute Gasteiger partial charge is 0.408 e. The van der Waals surface area contributed by atoms with Crippen LogP contribution in [0, 0.1) is 0 Å². The summed E-state index contributed by atoms with van der Waals surface area (Å²) in [5.74, 6) is -2.49. The minimum Gasteiger partial charge on any atom is -0.508 e. The van der Waals surface area contributed by atoms with E-state index in [1.54, 1.807) is 32.9 Å². The molecule has 10 heteroatoms. The third kappa shape index (κ3) is 9.45. The number of alkyl carbamates (subject to hydrolysis) is 1. The molecule has 0 aromatic heterocycles. The highest BCUT2D eigenvalue weighted by molar-refractivity contribution is 5.91. The van der Waals surface area contributed by atoms with Gasteiger partial charge in [0, 0.05) is 6.42 Å². The molecular formula is C19H27N3O7. The van der Waals surface area contributed by atoms with Crippen molar-refractivity contribution < 1.29 is 34.1 Å². The summed E-state index contributed by atoms with van der Waals surface area (Å²) < 4.78 is 5.17. The fraction of sp³-hybridized carbons (Fsp3) is 0.474. The highest BCUT2D eigenvalue weighted by Crippen LogP contribution is 2.12. The van der Waals surface area contributed by atoms with Gasteiger partial charge < -0.3 is 30.9 Å². The van der Waals surface area contributed by atoms with E-state index in [9.17, 15) is 24.3 Å². The summed E-state index contributed by atoms with van der Waals surface area (Å²) >= 11 is 0. The van der Waals surface area contributed by atoms with Gasteiger partial charge in [0.05, 0.1) is 6.54 Å². The summed E-state index contributed by atoms with van der Waals surface area (Å²) in [6, 6.07) is 3.91. The maximum absolute atomic E-state index is 12.5. The van der Waals surface area contributed by atoms with Crippen molar-refractivity contribution in [1.29, 1.82) is 0 Å². The highest BCUT2D eigenvalue weighted by Gasteiger charge is 2.25. The molecule has 1 aromatic rings. The van der Waals surface area contributed by atoms with Crippen LogP contribution in [0.1, 0.15) is 33.3 Å². The molecule has 0 bridgehead atoms. The molecule has 0 unspecified atom stereocenters. The monoisotopic (exact) mass is 409 g/mol. The van der Waals surface area contributed by atoms with Gasteiger partial charge >= 0.3 is 12.1 Å². The van der Waals surface area contributed by atoms with Crippen molar-refractivity contribution >= 4 is 23.9 Å². The van der Waals surface area contributed by atoms with Crippen LogP contribution >= 0.6 is 0 Å². The Morgan fingerprint density at radius 3 is 2.17 bits per heavy atom. The van der Waals surface area contributed by atoms with Gasteiger partial charge in [0.15, 0.2) is 0 Å².